The Bertz CT molecular complexity index is 683. The standard InChI is InChI=1S/C13H14F3N3O2S/c14-13(15,16)9-19-5-4-11(8-19)18-22(20,21)12-3-1-2-10(6-12)7-17/h1-3,6,11,18H,4-5,8-9H2/t11-/m1/s1. The van der Waals surface area contributed by atoms with Crippen LogP contribution in [-0.4, -0.2) is 45.2 Å². The van der Waals surface area contributed by atoms with Crippen molar-refractivity contribution >= 4 is 10.0 Å². The van der Waals surface area contributed by atoms with Crippen molar-refractivity contribution in [2.45, 2.75) is 23.5 Å². The molecular weight excluding hydrogens is 319 g/mol. The van der Waals surface area contributed by atoms with Gasteiger partial charge in [-0.1, -0.05) is 6.07 Å². The van der Waals surface area contributed by atoms with Gasteiger partial charge in [0.2, 0.25) is 10.0 Å². The van der Waals surface area contributed by atoms with Crippen molar-refractivity contribution in [2.75, 3.05) is 19.6 Å². The monoisotopic (exact) mass is 333 g/mol. The molecule has 1 fully saturated rings. The van der Waals surface area contributed by atoms with E-state index in [9.17, 15) is 21.6 Å². The van der Waals surface area contributed by atoms with Crippen molar-refractivity contribution < 1.29 is 21.6 Å². The summed E-state index contributed by atoms with van der Waals surface area (Å²) in [7, 11) is -3.85. The Morgan fingerprint density at radius 1 is 1.41 bits per heavy atom. The van der Waals surface area contributed by atoms with Gasteiger partial charge in [-0.25, -0.2) is 13.1 Å². The van der Waals surface area contributed by atoms with Crippen LogP contribution in [0.25, 0.3) is 0 Å². The normalized spacial score (nSPS) is 20.0. The molecule has 5 nitrogen and oxygen atoms in total. The lowest BCUT2D eigenvalue weighted by Gasteiger charge is -2.18. The molecule has 1 aliphatic rings. The number of sulfonamides is 1. The van der Waals surface area contributed by atoms with Crippen LogP contribution in [0.3, 0.4) is 0 Å². The summed E-state index contributed by atoms with van der Waals surface area (Å²) >= 11 is 0. The molecule has 0 saturated carbocycles. The van der Waals surface area contributed by atoms with Crippen LogP contribution in [0.2, 0.25) is 0 Å². The lowest BCUT2D eigenvalue weighted by atomic mass is 10.2. The molecule has 0 bridgehead atoms. The minimum atomic E-state index is -4.30. The molecule has 1 N–H and O–H groups in total. The smallest absolute Gasteiger partial charge is 0.293 e. The number of nitrogens with one attached hydrogen (secondary N) is 1. The zero-order chi connectivity index (χ0) is 16.4. The first-order chi connectivity index (χ1) is 10.2. The maximum Gasteiger partial charge on any atom is 0.401 e. The van der Waals surface area contributed by atoms with Crippen LogP contribution in [0.5, 0.6) is 0 Å². The van der Waals surface area contributed by atoms with E-state index in [4.69, 9.17) is 5.26 Å². The van der Waals surface area contributed by atoms with Crippen molar-refractivity contribution in [2.24, 2.45) is 0 Å². The van der Waals surface area contributed by atoms with E-state index in [0.717, 1.165) is 0 Å². The highest BCUT2D eigenvalue weighted by Crippen LogP contribution is 2.21. The lowest BCUT2D eigenvalue weighted by molar-refractivity contribution is -0.143. The molecule has 0 aromatic heterocycles. The number of likely N-dealkylation sites (tertiary alicyclic amines) is 1. The summed E-state index contributed by atoms with van der Waals surface area (Å²) in [5.41, 5.74) is 0.202. The summed E-state index contributed by atoms with van der Waals surface area (Å²) in [6, 6.07) is 6.75. The second-order valence-electron chi connectivity index (χ2n) is 5.10. The third kappa shape index (κ3) is 4.43. The van der Waals surface area contributed by atoms with Crippen LogP contribution in [0.4, 0.5) is 13.2 Å². The number of nitrogens with zero attached hydrogens (tertiary/aromatic N) is 2. The van der Waals surface area contributed by atoms with Gasteiger partial charge in [-0.15, -0.1) is 0 Å². The van der Waals surface area contributed by atoms with Crippen LogP contribution in [0, 0.1) is 11.3 Å². The predicted octanol–water partition coefficient (Wildman–Crippen LogP) is 1.47. The minimum Gasteiger partial charge on any atom is -0.293 e. The summed E-state index contributed by atoms with van der Waals surface area (Å²) in [5, 5.41) is 8.78. The highest BCUT2D eigenvalue weighted by molar-refractivity contribution is 7.89. The zero-order valence-electron chi connectivity index (χ0n) is 11.5. The Balaban J connectivity index is 2.03. The van der Waals surface area contributed by atoms with Crippen molar-refractivity contribution in [3.05, 3.63) is 29.8 Å². The largest absolute Gasteiger partial charge is 0.401 e. The zero-order valence-corrected chi connectivity index (χ0v) is 12.3. The predicted molar refractivity (Wildman–Crippen MR) is 72.4 cm³/mol. The van der Waals surface area contributed by atoms with E-state index in [1.807, 2.05) is 6.07 Å². The average Bonchev–Trinajstić information content (AvgIpc) is 2.83. The molecule has 120 valence electrons. The maximum absolute atomic E-state index is 12.3. The van der Waals surface area contributed by atoms with Gasteiger partial charge in [0.05, 0.1) is 23.1 Å². The fraction of sp³-hybridized carbons (Fsp3) is 0.462. The summed E-state index contributed by atoms with van der Waals surface area (Å²) < 4.78 is 63.7. The summed E-state index contributed by atoms with van der Waals surface area (Å²) in [6.45, 7) is -0.850. The first-order valence-electron chi connectivity index (χ1n) is 6.51. The molecule has 2 rings (SSSR count). The van der Waals surface area contributed by atoms with E-state index in [2.05, 4.69) is 4.72 Å². The van der Waals surface area contributed by atoms with E-state index < -0.39 is 28.8 Å². The van der Waals surface area contributed by atoms with Crippen LogP contribution in [-0.2, 0) is 10.0 Å². The molecule has 0 amide bonds. The number of nitriles is 1. The third-order valence-corrected chi connectivity index (χ3v) is 4.79. The van der Waals surface area contributed by atoms with Crippen molar-refractivity contribution in [3.8, 4) is 6.07 Å². The molecular formula is C13H14F3N3O2S. The van der Waals surface area contributed by atoms with Gasteiger partial charge in [-0.3, -0.25) is 4.90 Å². The Morgan fingerprint density at radius 2 is 2.14 bits per heavy atom. The van der Waals surface area contributed by atoms with Gasteiger partial charge < -0.3 is 0 Å². The number of benzene rings is 1. The molecule has 0 unspecified atom stereocenters. The fourth-order valence-electron chi connectivity index (χ4n) is 2.35. The maximum atomic E-state index is 12.3. The molecule has 22 heavy (non-hydrogen) atoms. The van der Waals surface area contributed by atoms with Gasteiger partial charge in [0.25, 0.3) is 0 Å². The summed E-state index contributed by atoms with van der Waals surface area (Å²) in [6.07, 6.45) is -3.98. The molecule has 1 heterocycles. The van der Waals surface area contributed by atoms with Gasteiger partial charge in [0.15, 0.2) is 0 Å². The van der Waals surface area contributed by atoms with Gasteiger partial charge in [0, 0.05) is 19.1 Å². The van der Waals surface area contributed by atoms with Crippen molar-refractivity contribution in [3.63, 3.8) is 0 Å². The SMILES string of the molecule is N#Cc1cccc(S(=O)(=O)N[C@@H]2CCN(CC(F)(F)F)C2)c1. The minimum absolute atomic E-state index is 0.0106. The van der Waals surface area contributed by atoms with Crippen molar-refractivity contribution in [1.29, 1.82) is 5.26 Å². The second-order valence-corrected chi connectivity index (χ2v) is 6.81. The molecule has 0 radical (unpaired) electrons. The molecule has 1 atom stereocenters. The van der Waals surface area contributed by atoms with Crippen molar-refractivity contribution in [1.82, 2.24) is 9.62 Å². The molecule has 1 aromatic rings. The third-order valence-electron chi connectivity index (χ3n) is 3.27. The Hall–Kier alpha value is -1.63. The van der Waals surface area contributed by atoms with E-state index in [-0.39, 0.29) is 23.5 Å². The molecule has 0 aliphatic carbocycles. The molecule has 1 saturated heterocycles. The fourth-order valence-corrected chi connectivity index (χ4v) is 3.65. The van der Waals surface area contributed by atoms with E-state index in [1.165, 1.54) is 29.2 Å². The number of halogens is 3. The molecule has 1 aromatic carbocycles. The molecule has 0 spiro atoms. The Labute approximate surface area is 126 Å². The Kier molecular flexibility index (Phi) is 4.75. The van der Waals surface area contributed by atoms with Crippen LogP contribution < -0.4 is 4.72 Å². The highest BCUT2D eigenvalue weighted by atomic mass is 32.2. The van der Waals surface area contributed by atoms with Crippen LogP contribution in [0.1, 0.15) is 12.0 Å². The first kappa shape index (κ1) is 16.7. The van der Waals surface area contributed by atoms with Crippen LogP contribution >= 0.6 is 0 Å². The lowest BCUT2D eigenvalue weighted by Crippen LogP contribution is -2.39. The highest BCUT2D eigenvalue weighted by Gasteiger charge is 2.35. The molecule has 9 heteroatoms. The summed E-state index contributed by atoms with van der Waals surface area (Å²) in [5.74, 6) is 0. The first-order valence-corrected chi connectivity index (χ1v) is 7.99. The van der Waals surface area contributed by atoms with Gasteiger partial charge in [-0.05, 0) is 24.6 Å². The topological polar surface area (TPSA) is 73.2 Å². The van der Waals surface area contributed by atoms with E-state index in [0.29, 0.717) is 6.42 Å². The number of hydrogen-bond donors (Lipinski definition) is 1. The number of alkyl halides is 3. The van der Waals surface area contributed by atoms with Gasteiger partial charge in [0.1, 0.15) is 0 Å². The average molecular weight is 333 g/mol. The summed E-state index contributed by atoms with van der Waals surface area (Å²) in [4.78, 5) is 1.10. The molecule has 1 aliphatic heterocycles. The number of hydrogen-bond acceptors (Lipinski definition) is 4. The van der Waals surface area contributed by atoms with Gasteiger partial charge >= 0.3 is 6.18 Å². The van der Waals surface area contributed by atoms with Crippen LogP contribution in [0.15, 0.2) is 29.2 Å². The van der Waals surface area contributed by atoms with E-state index in [1.54, 1.807) is 0 Å². The Morgan fingerprint density at radius 3 is 2.77 bits per heavy atom. The number of rotatable bonds is 4. The quantitative estimate of drug-likeness (QED) is 0.906. The van der Waals surface area contributed by atoms with Gasteiger partial charge in [-0.2, -0.15) is 18.4 Å². The second kappa shape index (κ2) is 6.24. The van der Waals surface area contributed by atoms with E-state index >= 15 is 0 Å².